The fraction of sp³-hybridized carbons (Fsp3) is 0.521. The first kappa shape index (κ1) is 50.2. The first-order valence-electron chi connectivity index (χ1n) is 23.6. The molecule has 370 valence electrons. The largest absolute Gasteiger partial charge is 0.495 e. The SMILES string of the molecule is CC[C@@H]1C(=O)N(C)c2cnc(Nc3ccc(C(=O)NCCCOCCOCCOCCCCNC(=O)COc4cccc5c4C(=O)N(C4CCC(=O)NC4=O)C5=O)cc3OC)nc2N1C1CCCC1. The molecule has 3 aliphatic heterocycles. The number of anilines is 4. The number of ether oxygens (including phenoxy) is 5. The molecule has 1 saturated carbocycles. The van der Waals surface area contributed by atoms with E-state index in [1.807, 2.05) is 6.92 Å². The van der Waals surface area contributed by atoms with Crippen LogP contribution in [0, 0.1) is 0 Å². The molecule has 21 nitrogen and oxygen atoms in total. The lowest BCUT2D eigenvalue weighted by molar-refractivity contribution is -0.136. The number of carbonyl (C=O) groups excluding carboxylic acids is 7. The number of unbranched alkanes of at least 4 members (excludes halogenated alkanes) is 1. The third-order valence-corrected chi connectivity index (χ3v) is 12.4. The number of hydrogen-bond acceptors (Lipinski definition) is 16. The summed E-state index contributed by atoms with van der Waals surface area (Å²) in [5.74, 6) is -1.53. The molecular weight excluding hydrogens is 895 g/mol. The fourth-order valence-electron chi connectivity index (χ4n) is 8.88. The minimum atomic E-state index is -1.10. The number of likely N-dealkylation sites (N-methyl/N-ethyl adjacent to an activating group) is 1. The van der Waals surface area contributed by atoms with Crippen molar-refractivity contribution in [3.8, 4) is 11.5 Å². The maximum Gasteiger partial charge on any atom is 0.266 e. The van der Waals surface area contributed by atoms with Crippen LogP contribution in [0.5, 0.6) is 11.5 Å². The van der Waals surface area contributed by atoms with Gasteiger partial charge in [0.25, 0.3) is 23.6 Å². The maximum atomic E-state index is 13.3. The summed E-state index contributed by atoms with van der Waals surface area (Å²) in [6.07, 6.45) is 8.67. The summed E-state index contributed by atoms with van der Waals surface area (Å²) in [7, 11) is 3.30. The molecule has 7 amide bonds. The van der Waals surface area contributed by atoms with Gasteiger partial charge in [0, 0.05) is 51.4 Å². The zero-order valence-corrected chi connectivity index (χ0v) is 39.3. The Bertz CT molecular complexity index is 2380. The second-order valence-corrected chi connectivity index (χ2v) is 17.0. The van der Waals surface area contributed by atoms with Gasteiger partial charge in [0.1, 0.15) is 29.3 Å². The zero-order valence-electron chi connectivity index (χ0n) is 39.3. The van der Waals surface area contributed by atoms with E-state index >= 15 is 0 Å². The number of hydrogen-bond donors (Lipinski definition) is 4. The number of rotatable bonds is 25. The highest BCUT2D eigenvalue weighted by atomic mass is 16.5. The second-order valence-electron chi connectivity index (χ2n) is 17.0. The van der Waals surface area contributed by atoms with E-state index in [-0.39, 0.29) is 60.2 Å². The van der Waals surface area contributed by atoms with Crippen molar-refractivity contribution in [1.29, 1.82) is 0 Å². The normalized spacial score (nSPS) is 18.0. The summed E-state index contributed by atoms with van der Waals surface area (Å²) < 4.78 is 28.1. The third kappa shape index (κ3) is 12.1. The van der Waals surface area contributed by atoms with E-state index in [2.05, 4.69) is 31.2 Å². The van der Waals surface area contributed by atoms with E-state index in [0.717, 1.165) is 36.4 Å². The molecule has 1 aromatic heterocycles. The Kier molecular flexibility index (Phi) is 17.5. The van der Waals surface area contributed by atoms with Crippen LogP contribution in [0.25, 0.3) is 0 Å². The standard InChI is InChI=1S/C48H61N9O12/c1-4-34-46(63)55(2)36-28-51-48(54-42(36)56(34)31-11-5-6-12-31)52-33-16-15-30(27-38(33)65-3)43(60)50-20-10-22-67-24-26-68-25-23-66-21-8-7-19-49-40(59)29-69-37-14-9-13-32-41(37)47(64)57(45(32)62)35-17-18-39(58)53-44(35)61/h9,13-16,27-28,31,34-35H,4-8,10-12,17-26,29H2,1-3H3,(H,49,59)(H,50,60)(H,51,52,54)(H,53,58,61)/t34-,35?/m1/s1. The van der Waals surface area contributed by atoms with Crippen LogP contribution in [-0.2, 0) is 33.4 Å². The molecule has 0 radical (unpaired) electrons. The number of amides is 7. The molecule has 0 spiro atoms. The van der Waals surface area contributed by atoms with Crippen molar-refractivity contribution >= 4 is 64.5 Å². The van der Waals surface area contributed by atoms with Gasteiger partial charge in [-0.25, -0.2) is 4.98 Å². The predicted molar refractivity (Wildman–Crippen MR) is 251 cm³/mol. The van der Waals surface area contributed by atoms with Crippen LogP contribution >= 0.6 is 0 Å². The van der Waals surface area contributed by atoms with E-state index in [4.69, 9.17) is 28.7 Å². The molecule has 2 aromatic carbocycles. The highest BCUT2D eigenvalue weighted by Crippen LogP contribution is 2.41. The molecule has 1 saturated heterocycles. The van der Waals surface area contributed by atoms with Crippen LogP contribution in [0.2, 0.25) is 0 Å². The van der Waals surface area contributed by atoms with Gasteiger partial charge >= 0.3 is 0 Å². The number of nitrogens with zero attached hydrogens (tertiary/aromatic N) is 5. The van der Waals surface area contributed by atoms with E-state index in [0.29, 0.717) is 107 Å². The Morgan fingerprint density at radius 1 is 0.841 bits per heavy atom. The van der Waals surface area contributed by atoms with Crippen LogP contribution in [0.3, 0.4) is 0 Å². The average molecular weight is 956 g/mol. The molecule has 1 aliphatic carbocycles. The summed E-state index contributed by atoms with van der Waals surface area (Å²) >= 11 is 0. The lowest BCUT2D eigenvalue weighted by Crippen LogP contribution is -2.55. The monoisotopic (exact) mass is 955 g/mol. The number of methoxy groups -OCH3 is 1. The fourth-order valence-corrected chi connectivity index (χ4v) is 8.88. The highest BCUT2D eigenvalue weighted by Gasteiger charge is 2.46. The summed E-state index contributed by atoms with van der Waals surface area (Å²) in [4.78, 5) is 103. The van der Waals surface area contributed by atoms with E-state index < -0.39 is 35.6 Å². The molecule has 69 heavy (non-hydrogen) atoms. The van der Waals surface area contributed by atoms with Crippen LogP contribution in [0.4, 0.5) is 23.1 Å². The highest BCUT2D eigenvalue weighted by molar-refractivity contribution is 6.24. The molecule has 4 aliphatic rings. The Morgan fingerprint density at radius 3 is 2.29 bits per heavy atom. The van der Waals surface area contributed by atoms with Crippen molar-refractivity contribution < 1.29 is 57.2 Å². The lowest BCUT2D eigenvalue weighted by atomic mass is 10.0. The Hall–Kier alpha value is -6.71. The van der Waals surface area contributed by atoms with Crippen LogP contribution in [-0.4, -0.2) is 148 Å². The van der Waals surface area contributed by atoms with Gasteiger partial charge in [-0.1, -0.05) is 25.8 Å². The topological polar surface area (TPSA) is 249 Å². The zero-order chi connectivity index (χ0) is 48.9. The van der Waals surface area contributed by atoms with Crippen molar-refractivity contribution in [2.45, 2.75) is 89.3 Å². The Labute approximate surface area is 400 Å². The molecule has 2 fully saturated rings. The van der Waals surface area contributed by atoms with Gasteiger partial charge in [0.15, 0.2) is 12.4 Å². The summed E-state index contributed by atoms with van der Waals surface area (Å²) in [6.45, 7) is 4.95. The maximum absolute atomic E-state index is 13.3. The number of fused-ring (bicyclic) bond motifs is 2. The summed E-state index contributed by atoms with van der Waals surface area (Å²) in [6, 6.07) is 8.45. The van der Waals surface area contributed by atoms with Crippen molar-refractivity contribution in [2.75, 3.05) is 88.6 Å². The van der Waals surface area contributed by atoms with E-state index in [9.17, 15) is 33.6 Å². The number of benzene rings is 2. The van der Waals surface area contributed by atoms with Crippen LogP contribution in [0.1, 0.15) is 102 Å². The predicted octanol–water partition coefficient (Wildman–Crippen LogP) is 3.28. The number of piperidine rings is 1. The molecule has 4 N–H and O–H groups in total. The number of carbonyl (C=O) groups is 7. The van der Waals surface area contributed by atoms with Crippen LogP contribution < -0.4 is 40.5 Å². The van der Waals surface area contributed by atoms with E-state index in [1.165, 1.54) is 25.3 Å². The Morgan fingerprint density at radius 2 is 1.57 bits per heavy atom. The van der Waals surface area contributed by atoms with Crippen LogP contribution in [0.15, 0.2) is 42.6 Å². The van der Waals surface area contributed by atoms with Gasteiger partial charge in [-0.3, -0.25) is 43.8 Å². The molecule has 0 bridgehead atoms. The van der Waals surface area contributed by atoms with Gasteiger partial charge < -0.3 is 49.4 Å². The van der Waals surface area contributed by atoms with E-state index in [1.54, 1.807) is 36.3 Å². The van der Waals surface area contributed by atoms with Gasteiger partial charge in [-0.15, -0.1) is 0 Å². The minimum absolute atomic E-state index is 0.00854. The van der Waals surface area contributed by atoms with Crippen molar-refractivity contribution in [3.63, 3.8) is 0 Å². The summed E-state index contributed by atoms with van der Waals surface area (Å²) in [5, 5.41) is 11.1. The van der Waals surface area contributed by atoms with Crippen molar-refractivity contribution in [1.82, 2.24) is 30.8 Å². The number of imide groups is 2. The first-order valence-corrected chi connectivity index (χ1v) is 23.6. The van der Waals surface area contributed by atoms with Crippen molar-refractivity contribution in [2.24, 2.45) is 0 Å². The lowest BCUT2D eigenvalue weighted by Gasteiger charge is -2.43. The second kappa shape index (κ2) is 24.0. The van der Waals surface area contributed by atoms with Crippen molar-refractivity contribution in [3.05, 3.63) is 59.3 Å². The first-order chi connectivity index (χ1) is 33.5. The molecule has 4 heterocycles. The molecule has 3 aromatic rings. The van der Waals surface area contributed by atoms with Gasteiger partial charge in [0.05, 0.1) is 56.5 Å². The molecule has 21 heteroatoms. The van der Waals surface area contributed by atoms with Gasteiger partial charge in [-0.2, -0.15) is 4.98 Å². The van der Waals surface area contributed by atoms with Gasteiger partial charge in [-0.05, 0) is 75.3 Å². The number of nitrogens with one attached hydrogen (secondary N) is 4. The molecule has 1 unspecified atom stereocenters. The molecule has 7 rings (SSSR count). The number of aromatic nitrogens is 2. The smallest absolute Gasteiger partial charge is 0.266 e. The third-order valence-electron chi connectivity index (χ3n) is 12.4. The minimum Gasteiger partial charge on any atom is -0.495 e. The molecule has 2 atom stereocenters. The quantitative estimate of drug-likeness (QED) is 0.0703. The summed E-state index contributed by atoms with van der Waals surface area (Å²) in [5.41, 5.74) is 1.76. The Balaban J connectivity index is 0.708. The van der Waals surface area contributed by atoms with Gasteiger partial charge in [0.2, 0.25) is 23.7 Å². The molecular formula is C48H61N9O12. The average Bonchev–Trinajstić information content (AvgIpc) is 3.97.